The minimum Gasteiger partial charge on any atom is -0.467 e. The first-order valence-corrected chi connectivity index (χ1v) is 13.5. The summed E-state index contributed by atoms with van der Waals surface area (Å²) in [5.41, 5.74) is 0.930. The molecule has 0 saturated heterocycles. The van der Waals surface area contributed by atoms with Gasteiger partial charge < -0.3 is 20.3 Å². The highest BCUT2D eigenvalue weighted by atomic mass is 16.5. The van der Waals surface area contributed by atoms with Crippen LogP contribution in [0, 0.1) is 12.8 Å². The summed E-state index contributed by atoms with van der Waals surface area (Å²) in [4.78, 5) is 50.4. The molecule has 1 aliphatic heterocycles. The molecule has 2 N–H and O–H groups in total. The van der Waals surface area contributed by atoms with Crippen molar-refractivity contribution < 1.29 is 19.1 Å². The Morgan fingerprint density at radius 2 is 1.82 bits per heavy atom. The van der Waals surface area contributed by atoms with Crippen molar-refractivity contribution in [3.8, 4) is 6.01 Å². The first-order chi connectivity index (χ1) is 19.2. The second kappa shape index (κ2) is 12.7. The second-order valence-electron chi connectivity index (χ2n) is 10.2. The van der Waals surface area contributed by atoms with E-state index in [1.54, 1.807) is 23.6 Å². The molecule has 13 heteroatoms. The summed E-state index contributed by atoms with van der Waals surface area (Å²) >= 11 is 0. The standard InChI is InChI=1S/C27H37N9O4/c1-17(2)22-24-28-18(3)32-36(24)15-14-35(26(39)23-31-27(40-5)34(4)33-23)13-9-12-21(37)29-20(25(38)30-22)16-19-10-7-6-8-11-19/h6-8,10-11,17,20,22H,9,12-16H2,1-5H3,(H,29,37)(H,30,38)/t20-,22+/m0/s1. The molecular weight excluding hydrogens is 514 g/mol. The lowest BCUT2D eigenvalue weighted by atomic mass is 10.0. The monoisotopic (exact) mass is 551 g/mol. The summed E-state index contributed by atoms with van der Waals surface area (Å²) in [7, 11) is 3.11. The number of benzene rings is 1. The van der Waals surface area contributed by atoms with Gasteiger partial charge in [-0.2, -0.15) is 10.1 Å². The van der Waals surface area contributed by atoms with Crippen molar-refractivity contribution in [2.75, 3.05) is 20.2 Å². The molecular formula is C27H37N9O4. The number of fused-ring (bicyclic) bond motifs is 1. The highest BCUT2D eigenvalue weighted by molar-refractivity contribution is 5.90. The first kappa shape index (κ1) is 28.7. The van der Waals surface area contributed by atoms with E-state index < -0.39 is 12.1 Å². The molecule has 0 radical (unpaired) electrons. The molecule has 0 saturated carbocycles. The lowest BCUT2D eigenvalue weighted by Gasteiger charge is -2.27. The molecule has 0 unspecified atom stereocenters. The van der Waals surface area contributed by atoms with Gasteiger partial charge >= 0.3 is 6.01 Å². The number of methoxy groups -OCH3 is 1. The van der Waals surface area contributed by atoms with Gasteiger partial charge in [-0.3, -0.25) is 14.4 Å². The van der Waals surface area contributed by atoms with Gasteiger partial charge in [0.05, 0.1) is 19.7 Å². The number of hydrogen-bond acceptors (Lipinski definition) is 8. The molecule has 2 atom stereocenters. The van der Waals surface area contributed by atoms with Crippen LogP contribution in [-0.2, 0) is 29.6 Å². The largest absolute Gasteiger partial charge is 0.467 e. The molecule has 1 aliphatic rings. The Hall–Kier alpha value is -4.29. The van der Waals surface area contributed by atoms with Crippen LogP contribution in [-0.4, -0.2) is 78.4 Å². The van der Waals surface area contributed by atoms with Crippen molar-refractivity contribution in [1.82, 2.24) is 45.1 Å². The van der Waals surface area contributed by atoms with E-state index >= 15 is 0 Å². The van der Waals surface area contributed by atoms with Gasteiger partial charge in [-0.05, 0) is 24.8 Å². The molecule has 4 rings (SSSR count). The number of nitrogens with one attached hydrogen (secondary N) is 2. The summed E-state index contributed by atoms with van der Waals surface area (Å²) in [6.07, 6.45) is 0.869. The summed E-state index contributed by atoms with van der Waals surface area (Å²) in [6, 6.07) is 8.54. The van der Waals surface area contributed by atoms with Gasteiger partial charge in [-0.1, -0.05) is 44.2 Å². The molecule has 2 aromatic heterocycles. The first-order valence-electron chi connectivity index (χ1n) is 13.5. The third-order valence-corrected chi connectivity index (χ3v) is 6.78. The predicted octanol–water partition coefficient (Wildman–Crippen LogP) is 1.20. The summed E-state index contributed by atoms with van der Waals surface area (Å²) in [5, 5.41) is 14.8. The number of ether oxygens (including phenoxy) is 1. The number of nitrogens with zero attached hydrogens (tertiary/aromatic N) is 7. The van der Waals surface area contributed by atoms with Gasteiger partial charge in [0.15, 0.2) is 0 Å². The van der Waals surface area contributed by atoms with Crippen LogP contribution in [0.5, 0.6) is 6.01 Å². The van der Waals surface area contributed by atoms with Crippen LogP contribution < -0.4 is 15.4 Å². The van der Waals surface area contributed by atoms with E-state index in [-0.39, 0.29) is 48.4 Å². The Kier molecular flexibility index (Phi) is 9.12. The van der Waals surface area contributed by atoms with Crippen LogP contribution in [0.2, 0.25) is 0 Å². The van der Waals surface area contributed by atoms with Gasteiger partial charge in [0.1, 0.15) is 17.7 Å². The molecule has 214 valence electrons. The molecule has 40 heavy (non-hydrogen) atoms. The van der Waals surface area contributed by atoms with Gasteiger partial charge in [0.25, 0.3) is 5.91 Å². The highest BCUT2D eigenvalue weighted by Gasteiger charge is 2.30. The van der Waals surface area contributed by atoms with E-state index in [0.29, 0.717) is 37.6 Å². The van der Waals surface area contributed by atoms with E-state index in [2.05, 4.69) is 30.8 Å². The summed E-state index contributed by atoms with van der Waals surface area (Å²) in [5.74, 6) is 0.214. The fourth-order valence-corrected chi connectivity index (χ4v) is 4.72. The Bertz CT molecular complexity index is 1330. The van der Waals surface area contributed by atoms with Crippen LogP contribution in [0.25, 0.3) is 0 Å². The van der Waals surface area contributed by atoms with E-state index in [9.17, 15) is 14.4 Å². The Balaban J connectivity index is 1.65. The maximum Gasteiger partial charge on any atom is 0.314 e. The lowest BCUT2D eigenvalue weighted by molar-refractivity contribution is -0.129. The fourth-order valence-electron chi connectivity index (χ4n) is 4.72. The van der Waals surface area contributed by atoms with Crippen molar-refractivity contribution in [2.24, 2.45) is 13.0 Å². The quantitative estimate of drug-likeness (QED) is 0.481. The maximum atomic E-state index is 13.6. The number of aryl methyl sites for hydroxylation is 2. The number of aromatic nitrogens is 6. The van der Waals surface area contributed by atoms with Crippen molar-refractivity contribution in [1.29, 1.82) is 0 Å². The number of rotatable bonds is 5. The SMILES string of the molecule is COc1nc(C(=O)N2CCCC(=O)N[C@@H](Cc3ccccc3)C(=O)N[C@H](C(C)C)c3nc(C)nn3CC2)nn1C. The lowest BCUT2D eigenvalue weighted by Crippen LogP contribution is -2.50. The third kappa shape index (κ3) is 6.82. The zero-order chi connectivity index (χ0) is 28.8. The Labute approximate surface area is 233 Å². The van der Waals surface area contributed by atoms with Crippen LogP contribution >= 0.6 is 0 Å². The van der Waals surface area contributed by atoms with Crippen molar-refractivity contribution in [2.45, 2.75) is 58.7 Å². The number of hydrogen-bond donors (Lipinski definition) is 2. The Morgan fingerprint density at radius 3 is 2.50 bits per heavy atom. The van der Waals surface area contributed by atoms with E-state index in [4.69, 9.17) is 4.74 Å². The Morgan fingerprint density at radius 1 is 1.07 bits per heavy atom. The predicted molar refractivity (Wildman–Crippen MR) is 145 cm³/mol. The molecule has 13 nitrogen and oxygen atoms in total. The minimum absolute atomic E-state index is 0.00941. The third-order valence-electron chi connectivity index (χ3n) is 6.78. The second-order valence-corrected chi connectivity index (χ2v) is 10.2. The van der Waals surface area contributed by atoms with Crippen LogP contribution in [0.3, 0.4) is 0 Å². The van der Waals surface area contributed by atoms with Crippen molar-refractivity contribution in [3.63, 3.8) is 0 Å². The molecule has 0 spiro atoms. The van der Waals surface area contributed by atoms with Crippen LogP contribution in [0.4, 0.5) is 0 Å². The van der Waals surface area contributed by atoms with E-state index in [1.807, 2.05) is 44.2 Å². The van der Waals surface area contributed by atoms with E-state index in [1.165, 1.54) is 11.8 Å². The highest BCUT2D eigenvalue weighted by Crippen LogP contribution is 2.21. The van der Waals surface area contributed by atoms with Gasteiger partial charge in [-0.25, -0.2) is 14.3 Å². The molecule has 0 fully saturated rings. The molecule has 3 heterocycles. The number of amides is 3. The summed E-state index contributed by atoms with van der Waals surface area (Å²) in [6.45, 7) is 6.68. The molecule has 0 bridgehead atoms. The normalized spacial score (nSPS) is 19.0. The van der Waals surface area contributed by atoms with Crippen LogP contribution in [0.1, 0.15) is 60.6 Å². The number of carbonyl (C=O) groups is 3. The molecule has 3 aromatic rings. The molecule has 3 amide bonds. The topological polar surface area (TPSA) is 149 Å². The van der Waals surface area contributed by atoms with Crippen molar-refractivity contribution >= 4 is 17.7 Å². The molecule has 0 aliphatic carbocycles. The van der Waals surface area contributed by atoms with E-state index in [0.717, 1.165) is 5.56 Å². The van der Waals surface area contributed by atoms with Gasteiger partial charge in [0.2, 0.25) is 17.6 Å². The van der Waals surface area contributed by atoms with Gasteiger partial charge in [-0.15, -0.1) is 5.10 Å². The minimum atomic E-state index is -0.778. The van der Waals surface area contributed by atoms with Crippen molar-refractivity contribution in [3.05, 3.63) is 53.4 Å². The fraction of sp³-hybridized carbons (Fsp3) is 0.519. The van der Waals surface area contributed by atoms with Gasteiger partial charge in [0, 0.05) is 33.0 Å². The smallest absolute Gasteiger partial charge is 0.314 e. The molecule has 1 aromatic carbocycles. The van der Waals surface area contributed by atoms with Crippen LogP contribution in [0.15, 0.2) is 30.3 Å². The zero-order valence-corrected chi connectivity index (χ0v) is 23.6. The average molecular weight is 552 g/mol. The number of carbonyl (C=O) groups excluding carboxylic acids is 3. The summed E-state index contributed by atoms with van der Waals surface area (Å²) < 4.78 is 8.30. The average Bonchev–Trinajstić information content (AvgIpc) is 3.49. The zero-order valence-electron chi connectivity index (χ0n) is 23.6. The maximum absolute atomic E-state index is 13.6.